The molecule has 0 amide bonds. The second-order valence-electron chi connectivity index (χ2n) is 13.6. The maximum atomic E-state index is 6.42. The molecule has 0 aliphatic heterocycles. The maximum absolute atomic E-state index is 6.42. The third-order valence-corrected chi connectivity index (χ3v) is 9.23. The fourth-order valence-corrected chi connectivity index (χ4v) is 6.24. The molecule has 0 bridgehead atoms. The quantitative estimate of drug-likeness (QED) is 0.0648. The highest BCUT2D eigenvalue weighted by Crippen LogP contribution is 2.19. The summed E-state index contributed by atoms with van der Waals surface area (Å²) in [4.78, 5) is 0. The van der Waals surface area contributed by atoms with Gasteiger partial charge >= 0.3 is 0 Å². The van der Waals surface area contributed by atoms with E-state index in [2.05, 4.69) is 13.8 Å². The molecular weight excluding hydrogens is 528 g/mol. The Bertz CT molecular complexity index is 437. The minimum Gasteiger partial charge on any atom is -0.382 e. The van der Waals surface area contributed by atoms with Crippen LogP contribution in [0.2, 0.25) is 0 Å². The number of hydrogen-bond donors (Lipinski definition) is 0. The van der Waals surface area contributed by atoms with Crippen molar-refractivity contribution >= 4 is 0 Å². The van der Waals surface area contributed by atoms with Gasteiger partial charge in [0.2, 0.25) is 0 Å². The Hall–Kier alpha value is -0.120. The van der Waals surface area contributed by atoms with E-state index in [-0.39, 0.29) is 0 Å². The monoisotopic (exact) mass is 611 g/mol. The van der Waals surface area contributed by atoms with Crippen LogP contribution in [0.25, 0.3) is 0 Å². The van der Waals surface area contributed by atoms with Crippen molar-refractivity contribution in [3.8, 4) is 0 Å². The third kappa shape index (κ3) is 38.0. The van der Waals surface area contributed by atoms with Crippen LogP contribution in [0.5, 0.6) is 0 Å². The van der Waals surface area contributed by atoms with Crippen molar-refractivity contribution in [1.82, 2.24) is 0 Å². The second-order valence-corrected chi connectivity index (χ2v) is 13.6. The predicted octanol–water partition coefficient (Wildman–Crippen LogP) is 13.6. The van der Waals surface area contributed by atoms with E-state index in [9.17, 15) is 0 Å². The molecule has 3 nitrogen and oxygen atoms in total. The van der Waals surface area contributed by atoms with E-state index in [1.54, 1.807) is 7.11 Å². The first-order valence-corrected chi connectivity index (χ1v) is 20.0. The van der Waals surface area contributed by atoms with Gasteiger partial charge < -0.3 is 14.2 Å². The van der Waals surface area contributed by atoms with Gasteiger partial charge in [-0.25, -0.2) is 0 Å². The lowest BCUT2D eigenvalue weighted by atomic mass is 10.0. The summed E-state index contributed by atoms with van der Waals surface area (Å²) < 4.78 is 17.1. The fraction of sp³-hybridized carbons (Fsp3) is 1.00. The molecule has 0 fully saturated rings. The van der Waals surface area contributed by atoms with Gasteiger partial charge in [0, 0.05) is 20.3 Å². The molecule has 0 aromatic rings. The molecule has 0 aliphatic rings. The lowest BCUT2D eigenvalue weighted by Crippen LogP contribution is -2.14. The average Bonchev–Trinajstić information content (AvgIpc) is 3.02. The summed E-state index contributed by atoms with van der Waals surface area (Å²) in [7, 11) is 1.73. The summed E-state index contributed by atoms with van der Waals surface area (Å²) in [6.45, 7) is 7.73. The molecule has 0 radical (unpaired) electrons. The van der Waals surface area contributed by atoms with Crippen molar-refractivity contribution in [3.63, 3.8) is 0 Å². The summed E-state index contributed by atoms with van der Waals surface area (Å²) >= 11 is 0. The van der Waals surface area contributed by atoms with Gasteiger partial charge in [0.05, 0.1) is 19.3 Å². The van der Waals surface area contributed by atoms with Crippen molar-refractivity contribution in [2.24, 2.45) is 0 Å². The molecule has 0 rings (SSSR count). The minimum atomic E-state index is 0.476. The van der Waals surface area contributed by atoms with E-state index in [4.69, 9.17) is 14.2 Å². The minimum absolute atomic E-state index is 0.476. The van der Waals surface area contributed by atoms with E-state index in [0.29, 0.717) is 19.3 Å². The van der Waals surface area contributed by atoms with E-state index in [1.807, 2.05) is 0 Å². The van der Waals surface area contributed by atoms with Crippen LogP contribution in [-0.2, 0) is 14.2 Å². The van der Waals surface area contributed by atoms with Crippen LogP contribution >= 0.6 is 0 Å². The highest BCUT2D eigenvalue weighted by molar-refractivity contribution is 4.61. The second kappa shape index (κ2) is 39.9. The van der Waals surface area contributed by atoms with Gasteiger partial charge in [-0.1, -0.05) is 194 Å². The van der Waals surface area contributed by atoms with Crippen LogP contribution in [0.3, 0.4) is 0 Å². The zero-order valence-corrected chi connectivity index (χ0v) is 30.3. The Labute approximate surface area is 272 Å². The van der Waals surface area contributed by atoms with Crippen molar-refractivity contribution < 1.29 is 14.2 Å². The van der Waals surface area contributed by atoms with Gasteiger partial charge in [0.25, 0.3) is 0 Å². The molecule has 0 unspecified atom stereocenters. The van der Waals surface area contributed by atoms with Crippen LogP contribution in [0.4, 0.5) is 0 Å². The summed E-state index contributed by atoms with van der Waals surface area (Å²) in [5.41, 5.74) is 0. The molecule has 3 heteroatoms. The zero-order valence-electron chi connectivity index (χ0n) is 30.3. The molecule has 0 heterocycles. The topological polar surface area (TPSA) is 27.7 Å². The molecule has 0 saturated heterocycles. The lowest BCUT2D eigenvalue weighted by molar-refractivity contribution is 0.0280. The average molecular weight is 611 g/mol. The van der Waals surface area contributed by atoms with Crippen molar-refractivity contribution in [2.45, 2.75) is 225 Å². The molecule has 0 N–H and O–H groups in total. The SMILES string of the molecule is CCCCCCCCCCCCCCCCC(CCCCCCCCCCCCCCCC)OCCCCOCCOC. The maximum Gasteiger partial charge on any atom is 0.0700 e. The highest BCUT2D eigenvalue weighted by Gasteiger charge is 2.09. The van der Waals surface area contributed by atoms with Gasteiger partial charge in [-0.2, -0.15) is 0 Å². The molecule has 0 spiro atoms. The van der Waals surface area contributed by atoms with Gasteiger partial charge in [0.1, 0.15) is 0 Å². The van der Waals surface area contributed by atoms with Crippen molar-refractivity contribution in [2.75, 3.05) is 33.5 Å². The number of hydrogen-bond acceptors (Lipinski definition) is 3. The Morgan fingerprint density at radius 2 is 0.651 bits per heavy atom. The molecule has 0 aliphatic carbocycles. The van der Waals surface area contributed by atoms with Gasteiger partial charge in [-0.15, -0.1) is 0 Å². The Balaban J connectivity index is 3.82. The third-order valence-electron chi connectivity index (χ3n) is 9.23. The number of unbranched alkanes of at least 4 members (excludes halogenated alkanes) is 27. The zero-order chi connectivity index (χ0) is 31.2. The molecule has 0 aromatic carbocycles. The van der Waals surface area contributed by atoms with Crippen LogP contribution in [0.15, 0.2) is 0 Å². The van der Waals surface area contributed by atoms with E-state index < -0.39 is 0 Å². The Morgan fingerprint density at radius 1 is 0.326 bits per heavy atom. The van der Waals surface area contributed by atoms with E-state index in [1.165, 1.54) is 193 Å². The highest BCUT2D eigenvalue weighted by atomic mass is 16.5. The van der Waals surface area contributed by atoms with Gasteiger partial charge in [-0.3, -0.25) is 0 Å². The molecule has 43 heavy (non-hydrogen) atoms. The largest absolute Gasteiger partial charge is 0.382 e. The molecule has 260 valence electrons. The molecule has 0 saturated carbocycles. The normalized spacial score (nSPS) is 11.7. The van der Waals surface area contributed by atoms with E-state index >= 15 is 0 Å². The summed E-state index contributed by atoms with van der Waals surface area (Å²) in [5, 5.41) is 0. The Morgan fingerprint density at radius 3 is 1.00 bits per heavy atom. The number of rotatable bonds is 39. The van der Waals surface area contributed by atoms with Crippen LogP contribution in [-0.4, -0.2) is 39.6 Å². The van der Waals surface area contributed by atoms with Gasteiger partial charge in [0.15, 0.2) is 0 Å². The lowest BCUT2D eigenvalue weighted by Gasteiger charge is -2.18. The molecule has 0 atom stereocenters. The predicted molar refractivity (Wildman–Crippen MR) is 192 cm³/mol. The van der Waals surface area contributed by atoms with Crippen LogP contribution in [0, 0.1) is 0 Å². The number of methoxy groups -OCH3 is 1. The first-order valence-electron chi connectivity index (χ1n) is 20.0. The van der Waals surface area contributed by atoms with Crippen LogP contribution < -0.4 is 0 Å². The van der Waals surface area contributed by atoms with E-state index in [0.717, 1.165) is 26.1 Å². The fourth-order valence-electron chi connectivity index (χ4n) is 6.24. The molecular formula is C40H82O3. The Kier molecular flexibility index (Phi) is 39.8. The smallest absolute Gasteiger partial charge is 0.0700 e. The van der Waals surface area contributed by atoms with Crippen molar-refractivity contribution in [3.05, 3.63) is 0 Å². The van der Waals surface area contributed by atoms with Crippen LogP contribution in [0.1, 0.15) is 219 Å². The number of ether oxygens (including phenoxy) is 3. The van der Waals surface area contributed by atoms with Gasteiger partial charge in [-0.05, 0) is 25.7 Å². The first kappa shape index (κ1) is 42.9. The van der Waals surface area contributed by atoms with Crippen molar-refractivity contribution in [1.29, 1.82) is 0 Å². The summed E-state index contributed by atoms with van der Waals surface area (Å²) in [5.74, 6) is 0. The first-order chi connectivity index (χ1) is 21.3. The molecule has 0 aromatic heterocycles. The summed E-state index contributed by atoms with van der Waals surface area (Å²) in [6, 6.07) is 0. The standard InChI is InChI=1S/C40H82O3/c1-4-6-8-10-12-14-16-18-20-22-24-26-28-30-34-40(43-37-33-32-36-42-39-38-41-3)35-31-29-27-25-23-21-19-17-15-13-11-9-7-5-2/h40H,4-39H2,1-3H3. The summed E-state index contributed by atoms with van der Waals surface area (Å²) in [6.07, 6.45) is 45.3.